The Morgan fingerprint density at radius 3 is 2.23 bits per heavy atom. The van der Waals surface area contributed by atoms with Crippen molar-refractivity contribution in [1.29, 1.82) is 0 Å². The van der Waals surface area contributed by atoms with Crippen LogP contribution in [0, 0.1) is 10.1 Å². The standard InChI is InChI=1S/C15H10BrNO5/c16-11-3-7-13(8-4-11)22-14(15(18)19)9-10-1-5-12(6-2-10)17(20)21/h1-9H,(H,18,19)/b14-9-. The molecule has 0 amide bonds. The Kier molecular flexibility index (Phi) is 4.90. The van der Waals surface area contributed by atoms with Crippen LogP contribution in [0.2, 0.25) is 0 Å². The Hall–Kier alpha value is -2.67. The van der Waals surface area contributed by atoms with Gasteiger partial charge in [-0.15, -0.1) is 0 Å². The number of nitrogens with zero attached hydrogens (tertiary/aromatic N) is 1. The van der Waals surface area contributed by atoms with Crippen LogP contribution in [0.5, 0.6) is 5.75 Å². The summed E-state index contributed by atoms with van der Waals surface area (Å²) in [7, 11) is 0. The molecule has 6 nitrogen and oxygen atoms in total. The van der Waals surface area contributed by atoms with E-state index >= 15 is 0 Å². The molecular weight excluding hydrogens is 354 g/mol. The molecular formula is C15H10BrNO5. The van der Waals surface area contributed by atoms with E-state index in [-0.39, 0.29) is 11.4 Å². The van der Waals surface area contributed by atoms with Gasteiger partial charge in [0.1, 0.15) is 5.75 Å². The van der Waals surface area contributed by atoms with Crippen LogP contribution in [0.15, 0.2) is 58.8 Å². The molecule has 0 aliphatic heterocycles. The van der Waals surface area contributed by atoms with E-state index in [1.54, 1.807) is 24.3 Å². The highest BCUT2D eigenvalue weighted by molar-refractivity contribution is 9.10. The van der Waals surface area contributed by atoms with Crippen LogP contribution in [0.1, 0.15) is 5.56 Å². The quantitative estimate of drug-likeness (QED) is 0.377. The molecule has 0 fully saturated rings. The van der Waals surface area contributed by atoms with Crippen molar-refractivity contribution in [2.75, 3.05) is 0 Å². The van der Waals surface area contributed by atoms with Crippen LogP contribution in [-0.4, -0.2) is 16.0 Å². The van der Waals surface area contributed by atoms with E-state index in [4.69, 9.17) is 4.74 Å². The van der Waals surface area contributed by atoms with Crippen LogP contribution in [-0.2, 0) is 4.79 Å². The lowest BCUT2D eigenvalue weighted by molar-refractivity contribution is -0.384. The molecule has 2 aromatic carbocycles. The van der Waals surface area contributed by atoms with Gasteiger partial charge in [-0.25, -0.2) is 4.79 Å². The zero-order valence-electron chi connectivity index (χ0n) is 11.1. The van der Waals surface area contributed by atoms with Gasteiger partial charge in [0.25, 0.3) is 5.69 Å². The molecule has 0 atom stereocenters. The number of nitro groups is 1. The zero-order chi connectivity index (χ0) is 16.1. The fourth-order valence-electron chi connectivity index (χ4n) is 1.61. The molecule has 0 aliphatic rings. The molecule has 0 unspecified atom stereocenters. The minimum absolute atomic E-state index is 0.0668. The zero-order valence-corrected chi connectivity index (χ0v) is 12.7. The molecule has 0 saturated carbocycles. The summed E-state index contributed by atoms with van der Waals surface area (Å²) >= 11 is 3.27. The average Bonchev–Trinajstić information content (AvgIpc) is 2.49. The third kappa shape index (κ3) is 4.16. The monoisotopic (exact) mass is 363 g/mol. The molecule has 112 valence electrons. The predicted octanol–water partition coefficient (Wildman–Crippen LogP) is 3.86. The van der Waals surface area contributed by atoms with Crippen molar-refractivity contribution in [1.82, 2.24) is 0 Å². The van der Waals surface area contributed by atoms with Crippen molar-refractivity contribution in [3.63, 3.8) is 0 Å². The lowest BCUT2D eigenvalue weighted by atomic mass is 10.2. The summed E-state index contributed by atoms with van der Waals surface area (Å²) in [5.74, 6) is -1.14. The normalized spacial score (nSPS) is 11.0. The van der Waals surface area contributed by atoms with Crippen molar-refractivity contribution < 1.29 is 19.6 Å². The predicted molar refractivity (Wildman–Crippen MR) is 83.5 cm³/mol. The number of hydrogen-bond acceptors (Lipinski definition) is 4. The fourth-order valence-corrected chi connectivity index (χ4v) is 1.87. The number of benzene rings is 2. The number of hydrogen-bond donors (Lipinski definition) is 1. The Morgan fingerprint density at radius 1 is 1.14 bits per heavy atom. The van der Waals surface area contributed by atoms with Crippen LogP contribution in [0.3, 0.4) is 0 Å². The SMILES string of the molecule is O=C(O)/C(=C/c1ccc([N+](=O)[O-])cc1)Oc1ccc(Br)cc1. The molecule has 0 aliphatic carbocycles. The van der Waals surface area contributed by atoms with Crippen LogP contribution in [0.25, 0.3) is 6.08 Å². The summed E-state index contributed by atoms with van der Waals surface area (Å²) in [5, 5.41) is 19.8. The first-order chi connectivity index (χ1) is 10.5. The van der Waals surface area contributed by atoms with Gasteiger partial charge in [0.2, 0.25) is 5.76 Å². The first-order valence-electron chi connectivity index (χ1n) is 6.08. The Bertz CT molecular complexity index is 723. The number of carboxylic acid groups (broad SMARTS) is 1. The maximum absolute atomic E-state index is 11.2. The summed E-state index contributed by atoms with van der Waals surface area (Å²) in [5.41, 5.74) is 0.419. The maximum atomic E-state index is 11.2. The number of non-ortho nitro benzene ring substituents is 1. The second-order valence-corrected chi connectivity index (χ2v) is 5.13. The number of aliphatic carboxylic acids is 1. The number of halogens is 1. The summed E-state index contributed by atoms with van der Waals surface area (Å²) in [4.78, 5) is 21.3. The van der Waals surface area contributed by atoms with E-state index < -0.39 is 10.9 Å². The van der Waals surface area contributed by atoms with Gasteiger partial charge in [0, 0.05) is 16.6 Å². The first-order valence-corrected chi connectivity index (χ1v) is 6.88. The van der Waals surface area contributed by atoms with Gasteiger partial charge in [-0.3, -0.25) is 10.1 Å². The molecule has 0 saturated heterocycles. The largest absolute Gasteiger partial charge is 0.475 e. The highest BCUT2D eigenvalue weighted by Gasteiger charge is 2.11. The van der Waals surface area contributed by atoms with E-state index in [1.807, 2.05) is 0 Å². The second kappa shape index (κ2) is 6.86. The van der Waals surface area contributed by atoms with Crippen LogP contribution < -0.4 is 4.74 Å². The molecule has 0 spiro atoms. The number of carbonyl (C=O) groups is 1. The minimum atomic E-state index is -1.23. The highest BCUT2D eigenvalue weighted by Crippen LogP contribution is 2.20. The van der Waals surface area contributed by atoms with Gasteiger partial charge in [-0.05, 0) is 48.0 Å². The highest BCUT2D eigenvalue weighted by atomic mass is 79.9. The number of ether oxygens (including phenoxy) is 1. The number of carboxylic acids is 1. The Labute approximate surface area is 133 Å². The van der Waals surface area contributed by atoms with Gasteiger partial charge in [0.05, 0.1) is 4.92 Å². The molecule has 0 heterocycles. The van der Waals surface area contributed by atoms with Gasteiger partial charge >= 0.3 is 5.97 Å². The van der Waals surface area contributed by atoms with Crippen molar-refractivity contribution in [2.24, 2.45) is 0 Å². The lowest BCUT2D eigenvalue weighted by Crippen LogP contribution is -2.07. The number of nitro benzene ring substituents is 1. The van der Waals surface area contributed by atoms with Crippen molar-refractivity contribution >= 4 is 33.7 Å². The average molecular weight is 364 g/mol. The van der Waals surface area contributed by atoms with Gasteiger partial charge in [0.15, 0.2) is 0 Å². The Balaban J connectivity index is 2.25. The molecule has 0 radical (unpaired) electrons. The van der Waals surface area contributed by atoms with Crippen molar-refractivity contribution in [3.05, 3.63) is 74.4 Å². The van der Waals surface area contributed by atoms with E-state index in [0.29, 0.717) is 11.3 Å². The van der Waals surface area contributed by atoms with E-state index in [0.717, 1.165) is 4.47 Å². The number of rotatable bonds is 5. The lowest BCUT2D eigenvalue weighted by Gasteiger charge is -2.06. The van der Waals surface area contributed by atoms with E-state index in [1.165, 1.54) is 30.3 Å². The van der Waals surface area contributed by atoms with Crippen molar-refractivity contribution in [3.8, 4) is 5.75 Å². The van der Waals surface area contributed by atoms with E-state index in [2.05, 4.69) is 15.9 Å². The summed E-state index contributed by atoms with van der Waals surface area (Å²) in [6.07, 6.45) is 1.30. The topological polar surface area (TPSA) is 89.7 Å². The molecule has 0 bridgehead atoms. The molecule has 2 rings (SSSR count). The molecule has 1 N–H and O–H groups in total. The Morgan fingerprint density at radius 2 is 1.73 bits per heavy atom. The smallest absolute Gasteiger partial charge is 0.371 e. The van der Waals surface area contributed by atoms with Gasteiger partial charge in [-0.1, -0.05) is 15.9 Å². The van der Waals surface area contributed by atoms with E-state index in [9.17, 15) is 20.0 Å². The molecule has 0 aromatic heterocycles. The summed E-state index contributed by atoms with van der Waals surface area (Å²) < 4.78 is 6.16. The molecule has 7 heteroatoms. The summed E-state index contributed by atoms with van der Waals surface area (Å²) in [6, 6.07) is 12.2. The minimum Gasteiger partial charge on any atom is -0.475 e. The fraction of sp³-hybridized carbons (Fsp3) is 0. The van der Waals surface area contributed by atoms with Crippen LogP contribution in [0.4, 0.5) is 5.69 Å². The maximum Gasteiger partial charge on any atom is 0.371 e. The second-order valence-electron chi connectivity index (χ2n) is 4.22. The summed E-state index contributed by atoms with van der Waals surface area (Å²) in [6.45, 7) is 0. The third-order valence-corrected chi connectivity index (χ3v) is 3.18. The van der Waals surface area contributed by atoms with Crippen LogP contribution >= 0.6 is 15.9 Å². The third-order valence-electron chi connectivity index (χ3n) is 2.65. The van der Waals surface area contributed by atoms with Gasteiger partial charge in [-0.2, -0.15) is 0 Å². The molecule has 2 aromatic rings. The molecule has 22 heavy (non-hydrogen) atoms. The van der Waals surface area contributed by atoms with Gasteiger partial charge < -0.3 is 9.84 Å². The van der Waals surface area contributed by atoms with Crippen molar-refractivity contribution in [2.45, 2.75) is 0 Å². The first kappa shape index (κ1) is 15.7.